The number of aromatic nitrogens is 4. The number of hydrogen-bond acceptors (Lipinski definition) is 15. The van der Waals surface area contributed by atoms with E-state index in [9.17, 15) is 9.59 Å². The SMILES string of the molecule is CN[C@@H](C)C(=O)C[C@H](C(=O)N1CC[C@@H]2CCN(CCc3ccc(OCCOCCOCCOCCOCCOC4CCC(Nc5nccc(-c6cnn(Cc7ccccc7)c6N(C)C)n5)CC4)cc3)C[C@@H]21)C1CCCCC1. The van der Waals surface area contributed by atoms with Gasteiger partial charge in [-0.2, -0.15) is 5.10 Å². The van der Waals surface area contributed by atoms with E-state index in [2.05, 4.69) is 66.7 Å². The summed E-state index contributed by atoms with van der Waals surface area (Å²) in [6.07, 6.45) is 17.1. The van der Waals surface area contributed by atoms with Crippen LogP contribution in [0.2, 0.25) is 0 Å². The van der Waals surface area contributed by atoms with E-state index in [-0.39, 0.29) is 35.8 Å². The largest absolute Gasteiger partial charge is 0.491 e. The first kappa shape index (κ1) is 58.1. The van der Waals surface area contributed by atoms with Crippen LogP contribution in [0, 0.1) is 17.8 Å². The minimum Gasteiger partial charge on any atom is -0.491 e. The normalized spacial score (nSPS) is 20.9. The van der Waals surface area contributed by atoms with Crippen molar-refractivity contribution >= 4 is 23.5 Å². The van der Waals surface area contributed by atoms with Crippen molar-refractivity contribution in [1.82, 2.24) is 34.9 Å². The average Bonchev–Trinajstić information content (AvgIpc) is 4.11. The van der Waals surface area contributed by atoms with Crippen molar-refractivity contribution in [3.63, 3.8) is 0 Å². The number of amides is 1. The lowest BCUT2D eigenvalue weighted by atomic mass is 9.76. The fourth-order valence-electron chi connectivity index (χ4n) is 11.8. The van der Waals surface area contributed by atoms with Gasteiger partial charge in [-0.15, -0.1) is 0 Å². The standard InChI is InChI=1S/C60H89N9O8/c1-45(61-2)57(70)41-53(48-13-9-6-10-14-48)59(71)68-30-26-49-25-29-67(44-56(49)68)28-24-46-15-19-51(20-16-46)76-39-37-74-35-33-72-31-32-73-34-36-75-38-40-77-52-21-17-50(18-22-52)64-60-62-27-23-55(65-60)54-42-63-69(58(54)66(3)4)43-47-11-7-5-8-12-47/h5,7-8,11-12,15-16,19-20,23,27,42,45,48-50,52-53,56,61H,6,9-10,13-14,17-18,21-22,24-26,28-41,43-44H2,1-4H3,(H,62,64,65)/t45-,49-,50?,52?,53-,56-/m0/s1. The van der Waals surface area contributed by atoms with Crippen LogP contribution in [-0.2, 0) is 46.2 Å². The molecule has 2 aromatic heterocycles. The zero-order chi connectivity index (χ0) is 53.6. The van der Waals surface area contributed by atoms with E-state index in [4.69, 9.17) is 38.5 Å². The molecule has 17 nitrogen and oxygen atoms in total. The molecule has 0 spiro atoms. The molecule has 0 bridgehead atoms. The first-order chi connectivity index (χ1) is 37.7. The molecular formula is C60H89N9O8. The molecule has 17 heteroatoms. The number of nitrogens with one attached hydrogen (secondary N) is 2. The van der Waals surface area contributed by atoms with E-state index in [1.807, 2.05) is 69.4 Å². The quantitative estimate of drug-likeness (QED) is 0.0460. The number of piperidine rings is 1. The first-order valence-corrected chi connectivity index (χ1v) is 29.0. The van der Waals surface area contributed by atoms with Gasteiger partial charge < -0.3 is 53.8 Å². The number of Topliss-reactive ketones (excluding diaryl/α,β-unsaturated/α-hetero) is 1. The second kappa shape index (κ2) is 31.0. The van der Waals surface area contributed by atoms with Gasteiger partial charge >= 0.3 is 0 Å². The van der Waals surface area contributed by atoms with Gasteiger partial charge in [-0.3, -0.25) is 9.59 Å². The van der Waals surface area contributed by atoms with Gasteiger partial charge in [-0.05, 0) is 119 Å². The summed E-state index contributed by atoms with van der Waals surface area (Å²) in [6, 6.07) is 21.0. The number of anilines is 2. The lowest BCUT2D eigenvalue weighted by Crippen LogP contribution is -2.52. The van der Waals surface area contributed by atoms with Gasteiger partial charge in [0.1, 0.15) is 24.0 Å². The van der Waals surface area contributed by atoms with Crippen LogP contribution in [0.1, 0.15) is 95.1 Å². The van der Waals surface area contributed by atoms with E-state index in [0.717, 1.165) is 107 Å². The molecule has 2 aliphatic carbocycles. The Bertz CT molecular complexity index is 2340. The van der Waals surface area contributed by atoms with Crippen LogP contribution >= 0.6 is 0 Å². The maximum atomic E-state index is 14.3. The van der Waals surface area contributed by atoms with Crippen molar-refractivity contribution in [2.75, 3.05) is 124 Å². The number of carbonyl (C=O) groups is 2. The molecule has 4 aromatic rings. The van der Waals surface area contributed by atoms with Crippen molar-refractivity contribution in [3.8, 4) is 17.0 Å². The molecule has 2 aromatic carbocycles. The van der Waals surface area contributed by atoms with E-state index in [1.54, 1.807) is 0 Å². The molecule has 4 heterocycles. The van der Waals surface area contributed by atoms with Crippen molar-refractivity contribution in [1.29, 1.82) is 0 Å². The van der Waals surface area contributed by atoms with Crippen LogP contribution in [0.5, 0.6) is 5.75 Å². The molecular weight excluding hydrogens is 975 g/mol. The Hall–Kier alpha value is -5.01. The van der Waals surface area contributed by atoms with E-state index >= 15 is 0 Å². The summed E-state index contributed by atoms with van der Waals surface area (Å²) in [5.41, 5.74) is 4.29. The van der Waals surface area contributed by atoms with Gasteiger partial charge in [-0.25, -0.2) is 14.6 Å². The third kappa shape index (κ3) is 17.7. The van der Waals surface area contributed by atoms with Crippen LogP contribution in [0.4, 0.5) is 11.8 Å². The Kier molecular flexibility index (Phi) is 23.4. The second-order valence-corrected chi connectivity index (χ2v) is 21.8. The van der Waals surface area contributed by atoms with Crippen molar-refractivity contribution in [2.24, 2.45) is 17.8 Å². The molecule has 1 amide bonds. The number of ketones is 1. The molecule has 0 unspecified atom stereocenters. The number of fused-ring (bicyclic) bond motifs is 1. The number of ether oxygens (including phenoxy) is 6. The highest BCUT2D eigenvalue weighted by atomic mass is 16.6. The molecule has 2 N–H and O–H groups in total. The monoisotopic (exact) mass is 1060 g/mol. The van der Waals surface area contributed by atoms with Gasteiger partial charge in [0, 0.05) is 64.3 Å². The lowest BCUT2D eigenvalue weighted by Gasteiger charge is -2.40. The predicted octanol–water partition coefficient (Wildman–Crippen LogP) is 7.57. The number of benzene rings is 2. The van der Waals surface area contributed by atoms with E-state index in [0.29, 0.717) is 103 Å². The van der Waals surface area contributed by atoms with E-state index < -0.39 is 0 Å². The molecule has 4 aliphatic rings. The van der Waals surface area contributed by atoms with Gasteiger partial charge in [-0.1, -0.05) is 61.7 Å². The van der Waals surface area contributed by atoms with Crippen LogP contribution in [0.3, 0.4) is 0 Å². The van der Waals surface area contributed by atoms with E-state index in [1.165, 1.54) is 30.4 Å². The third-order valence-electron chi connectivity index (χ3n) is 16.3. The lowest BCUT2D eigenvalue weighted by molar-refractivity contribution is -0.142. The van der Waals surface area contributed by atoms with Gasteiger partial charge in [0.05, 0.1) is 95.6 Å². The number of rotatable bonds is 32. The molecule has 4 fully saturated rings. The van der Waals surface area contributed by atoms with Gasteiger partial charge in [0.2, 0.25) is 11.9 Å². The van der Waals surface area contributed by atoms with Crippen LogP contribution < -0.4 is 20.3 Å². The predicted molar refractivity (Wildman–Crippen MR) is 301 cm³/mol. The summed E-state index contributed by atoms with van der Waals surface area (Å²) in [5, 5.41) is 11.4. The number of nitrogens with zero attached hydrogens (tertiary/aromatic N) is 7. The van der Waals surface area contributed by atoms with Crippen molar-refractivity contribution in [2.45, 2.75) is 121 Å². The molecule has 2 saturated carbocycles. The van der Waals surface area contributed by atoms with Crippen LogP contribution in [0.15, 0.2) is 73.1 Å². The Balaban J connectivity index is 0.604. The van der Waals surface area contributed by atoms with Crippen LogP contribution in [0.25, 0.3) is 11.3 Å². The highest BCUT2D eigenvalue weighted by Crippen LogP contribution is 2.38. The van der Waals surface area contributed by atoms with Crippen LogP contribution in [-0.4, -0.2) is 179 Å². The highest BCUT2D eigenvalue weighted by Gasteiger charge is 2.44. The highest BCUT2D eigenvalue weighted by molar-refractivity contribution is 5.90. The zero-order valence-corrected chi connectivity index (χ0v) is 46.7. The minimum atomic E-state index is -0.222. The number of hydrogen-bond donors (Lipinski definition) is 2. The van der Waals surface area contributed by atoms with Gasteiger partial charge in [0.15, 0.2) is 0 Å². The zero-order valence-electron chi connectivity index (χ0n) is 46.7. The average molecular weight is 1060 g/mol. The molecule has 2 aliphatic heterocycles. The molecule has 4 atom stereocenters. The molecule has 8 rings (SSSR count). The number of likely N-dealkylation sites (N-methyl/N-ethyl adjacent to an activating group) is 1. The molecule has 0 radical (unpaired) electrons. The minimum absolute atomic E-state index is 0.161. The Morgan fingerprint density at radius 1 is 0.753 bits per heavy atom. The summed E-state index contributed by atoms with van der Waals surface area (Å²) < 4.78 is 36.9. The maximum Gasteiger partial charge on any atom is 0.226 e. The molecule has 77 heavy (non-hydrogen) atoms. The maximum absolute atomic E-state index is 14.3. The summed E-state index contributed by atoms with van der Waals surface area (Å²) in [5.74, 6) is 3.58. The second-order valence-electron chi connectivity index (χ2n) is 21.8. The fraction of sp³-hybridized carbons (Fsp3) is 0.650. The summed E-state index contributed by atoms with van der Waals surface area (Å²) in [7, 11) is 5.90. The first-order valence-electron chi connectivity index (χ1n) is 29.0. The summed E-state index contributed by atoms with van der Waals surface area (Å²) in [4.78, 5) is 43.7. The molecule has 2 saturated heterocycles. The summed E-state index contributed by atoms with van der Waals surface area (Å²) in [6.45, 7) is 11.5. The van der Waals surface area contributed by atoms with Crippen molar-refractivity contribution in [3.05, 3.63) is 84.2 Å². The Morgan fingerprint density at radius 2 is 1.43 bits per heavy atom. The molecule has 422 valence electrons. The smallest absolute Gasteiger partial charge is 0.226 e. The third-order valence-corrected chi connectivity index (χ3v) is 16.3. The Labute approximate surface area is 458 Å². The van der Waals surface area contributed by atoms with Gasteiger partial charge in [0.25, 0.3) is 0 Å². The topological polar surface area (TPSA) is 167 Å². The van der Waals surface area contributed by atoms with Crippen molar-refractivity contribution < 1.29 is 38.0 Å². The summed E-state index contributed by atoms with van der Waals surface area (Å²) >= 11 is 0. The number of carbonyl (C=O) groups excluding carboxylic acids is 2. The number of likely N-dealkylation sites (tertiary alicyclic amines) is 2. The fourth-order valence-corrected chi connectivity index (χ4v) is 11.8. The Morgan fingerprint density at radius 3 is 2.12 bits per heavy atom.